The van der Waals surface area contributed by atoms with Crippen LogP contribution in [0.15, 0.2) is 60.7 Å². The molecule has 0 spiro atoms. The summed E-state index contributed by atoms with van der Waals surface area (Å²) in [5, 5.41) is 18.1. The Labute approximate surface area is 208 Å². The van der Waals surface area contributed by atoms with E-state index in [0.717, 1.165) is 41.6 Å². The summed E-state index contributed by atoms with van der Waals surface area (Å²) in [6, 6.07) is 19.1. The van der Waals surface area contributed by atoms with Crippen molar-refractivity contribution >= 4 is 23.3 Å². The zero-order chi connectivity index (χ0) is 24.8. The summed E-state index contributed by atoms with van der Waals surface area (Å²) in [6.07, 6.45) is 2.33. The summed E-state index contributed by atoms with van der Waals surface area (Å²) in [5.41, 5.74) is 3.53. The average molecular weight is 491 g/mol. The summed E-state index contributed by atoms with van der Waals surface area (Å²) in [7, 11) is 0. The van der Waals surface area contributed by atoms with E-state index in [1.54, 1.807) is 4.52 Å². The van der Waals surface area contributed by atoms with Crippen LogP contribution in [0, 0.1) is 0 Å². The lowest BCUT2D eigenvalue weighted by molar-refractivity contribution is 0.0377. The summed E-state index contributed by atoms with van der Waals surface area (Å²) >= 11 is 6.15. The Balaban J connectivity index is 1.54. The van der Waals surface area contributed by atoms with Crippen LogP contribution in [0.5, 0.6) is 5.75 Å². The lowest BCUT2D eigenvalue weighted by Gasteiger charge is -2.43. The third-order valence-electron chi connectivity index (χ3n) is 6.24. The molecule has 1 aliphatic carbocycles. The quantitative estimate of drug-likeness (QED) is 0.349. The lowest BCUT2D eigenvalue weighted by atomic mass is 9.71. The van der Waals surface area contributed by atoms with Crippen LogP contribution in [0.4, 0.5) is 4.79 Å². The first kappa shape index (κ1) is 23.2. The van der Waals surface area contributed by atoms with Gasteiger partial charge in [0.2, 0.25) is 0 Å². The monoisotopic (exact) mass is 490 g/mol. The molecule has 35 heavy (non-hydrogen) atoms. The summed E-state index contributed by atoms with van der Waals surface area (Å²) in [4.78, 5) is 17.2. The molecule has 0 atom stereocenters. The highest BCUT2D eigenvalue weighted by molar-refractivity contribution is 6.29. The van der Waals surface area contributed by atoms with Crippen molar-refractivity contribution in [3.63, 3.8) is 0 Å². The van der Waals surface area contributed by atoms with Crippen molar-refractivity contribution in [1.29, 1.82) is 0 Å². The van der Waals surface area contributed by atoms with Crippen LogP contribution in [-0.2, 0) is 10.3 Å². The van der Waals surface area contributed by atoms with E-state index in [1.807, 2.05) is 75.4 Å². The number of ether oxygens (including phenoxy) is 1. The minimum atomic E-state index is -0.557. The summed E-state index contributed by atoms with van der Waals surface area (Å²) < 4.78 is 7.08. The maximum Gasteiger partial charge on any atom is 0.408 e. The molecule has 2 N–H and O–H groups in total. The van der Waals surface area contributed by atoms with Crippen LogP contribution < -0.4 is 5.32 Å². The number of hydrogen-bond acceptors (Lipinski definition) is 5. The number of alkyl carbamates (subject to hydrolysis) is 1. The molecule has 0 unspecified atom stereocenters. The lowest BCUT2D eigenvalue weighted by Crippen LogP contribution is -2.52. The summed E-state index contributed by atoms with van der Waals surface area (Å²) in [5.74, 6) is -0.0416. The minimum Gasteiger partial charge on any atom is -0.504 e. The van der Waals surface area contributed by atoms with E-state index >= 15 is 0 Å². The van der Waals surface area contributed by atoms with E-state index in [9.17, 15) is 9.90 Å². The number of fused-ring (bicyclic) bond motifs is 1. The van der Waals surface area contributed by atoms with Gasteiger partial charge in [-0.1, -0.05) is 66.2 Å². The van der Waals surface area contributed by atoms with Gasteiger partial charge in [-0.3, -0.25) is 0 Å². The Kier molecular flexibility index (Phi) is 5.68. The van der Waals surface area contributed by atoms with Gasteiger partial charge in [-0.25, -0.2) is 14.3 Å². The Morgan fingerprint density at radius 1 is 1.09 bits per heavy atom. The zero-order valence-electron chi connectivity index (χ0n) is 19.9. The first-order chi connectivity index (χ1) is 16.7. The van der Waals surface area contributed by atoms with Gasteiger partial charge in [0.05, 0.1) is 11.2 Å². The molecule has 0 aliphatic heterocycles. The third-order valence-corrected chi connectivity index (χ3v) is 6.43. The fraction of sp³-hybridized carbons (Fsp3) is 0.296. The van der Waals surface area contributed by atoms with E-state index in [1.165, 1.54) is 6.07 Å². The molecule has 2 aromatic carbocycles. The molecule has 0 saturated heterocycles. The number of aromatic nitrogens is 3. The molecule has 1 saturated carbocycles. The van der Waals surface area contributed by atoms with Crippen molar-refractivity contribution in [1.82, 2.24) is 19.9 Å². The molecule has 2 heterocycles. The number of imidazole rings is 1. The predicted molar refractivity (Wildman–Crippen MR) is 135 cm³/mol. The normalized spacial score (nSPS) is 15.0. The van der Waals surface area contributed by atoms with Crippen molar-refractivity contribution < 1.29 is 14.6 Å². The third kappa shape index (κ3) is 4.44. The second kappa shape index (κ2) is 8.57. The molecule has 1 amide bonds. The molecule has 2 aromatic heterocycles. The van der Waals surface area contributed by atoms with Crippen molar-refractivity contribution in [2.45, 2.75) is 51.2 Å². The first-order valence-electron chi connectivity index (χ1n) is 11.6. The molecule has 7 nitrogen and oxygen atoms in total. The fourth-order valence-corrected chi connectivity index (χ4v) is 4.67. The number of nitrogens with zero attached hydrogens (tertiary/aromatic N) is 3. The van der Waals surface area contributed by atoms with Gasteiger partial charge in [-0.15, -0.1) is 0 Å². The number of benzene rings is 2. The topological polar surface area (TPSA) is 88.8 Å². The van der Waals surface area contributed by atoms with Crippen LogP contribution >= 0.6 is 11.6 Å². The number of halogens is 1. The molecule has 0 bridgehead atoms. The molecule has 1 aliphatic rings. The molecular formula is C27H27ClN4O3. The van der Waals surface area contributed by atoms with Crippen LogP contribution in [0.1, 0.15) is 45.6 Å². The van der Waals surface area contributed by atoms with Crippen molar-refractivity contribution in [3.05, 3.63) is 71.4 Å². The molecule has 4 aromatic rings. The maximum absolute atomic E-state index is 12.5. The van der Waals surface area contributed by atoms with Crippen LogP contribution in [0.3, 0.4) is 0 Å². The minimum absolute atomic E-state index is 0.0416. The maximum atomic E-state index is 12.5. The van der Waals surface area contributed by atoms with Crippen LogP contribution in [-0.4, -0.2) is 31.4 Å². The average Bonchev–Trinajstić information content (AvgIpc) is 3.15. The smallest absolute Gasteiger partial charge is 0.408 e. The highest BCUT2D eigenvalue weighted by atomic mass is 35.5. The molecular weight excluding hydrogens is 464 g/mol. The number of carbonyl (C=O) groups is 1. The SMILES string of the molecule is CC(C)(C)OC(=O)NC1(c2ccc(-c3nc4c(O)cc(Cl)nn4c3-c3ccccc3)cc2)CCC1. The number of aromatic hydroxyl groups is 1. The van der Waals surface area contributed by atoms with E-state index in [2.05, 4.69) is 10.4 Å². The second-order valence-electron chi connectivity index (χ2n) is 9.90. The van der Waals surface area contributed by atoms with Crippen LogP contribution in [0.2, 0.25) is 5.15 Å². The van der Waals surface area contributed by atoms with Crippen LogP contribution in [0.25, 0.3) is 28.2 Å². The second-order valence-corrected chi connectivity index (χ2v) is 10.3. The first-order valence-corrected chi connectivity index (χ1v) is 12.0. The fourth-order valence-electron chi connectivity index (χ4n) is 4.50. The van der Waals surface area contributed by atoms with Gasteiger partial charge in [0, 0.05) is 17.2 Å². The van der Waals surface area contributed by atoms with E-state index < -0.39 is 17.2 Å². The van der Waals surface area contributed by atoms with E-state index in [0.29, 0.717) is 11.3 Å². The number of rotatable bonds is 4. The molecule has 1 fully saturated rings. The highest BCUT2D eigenvalue weighted by Crippen LogP contribution is 2.43. The highest BCUT2D eigenvalue weighted by Gasteiger charge is 2.41. The number of amides is 1. The molecule has 180 valence electrons. The molecule has 0 radical (unpaired) electrons. The van der Waals surface area contributed by atoms with Crippen molar-refractivity contribution in [2.24, 2.45) is 0 Å². The van der Waals surface area contributed by atoms with Gasteiger partial charge < -0.3 is 15.2 Å². The van der Waals surface area contributed by atoms with Gasteiger partial charge in [-0.2, -0.15) is 5.10 Å². The Morgan fingerprint density at radius 2 is 1.77 bits per heavy atom. The van der Waals surface area contributed by atoms with Gasteiger partial charge in [0.15, 0.2) is 16.5 Å². The largest absolute Gasteiger partial charge is 0.504 e. The van der Waals surface area contributed by atoms with E-state index in [-0.39, 0.29) is 10.9 Å². The van der Waals surface area contributed by atoms with Crippen molar-refractivity contribution in [3.8, 4) is 28.3 Å². The van der Waals surface area contributed by atoms with Crippen molar-refractivity contribution in [2.75, 3.05) is 0 Å². The Hall–Kier alpha value is -3.58. The number of carbonyl (C=O) groups excluding carboxylic acids is 1. The van der Waals surface area contributed by atoms with Gasteiger partial charge in [-0.05, 0) is 45.6 Å². The summed E-state index contributed by atoms with van der Waals surface area (Å²) in [6.45, 7) is 5.56. The van der Waals surface area contributed by atoms with Gasteiger partial charge in [0.1, 0.15) is 11.3 Å². The number of hydrogen-bond donors (Lipinski definition) is 2. The Bertz CT molecular complexity index is 1390. The molecule has 8 heteroatoms. The van der Waals surface area contributed by atoms with Gasteiger partial charge >= 0.3 is 6.09 Å². The zero-order valence-corrected chi connectivity index (χ0v) is 20.6. The van der Waals surface area contributed by atoms with E-state index in [4.69, 9.17) is 21.3 Å². The predicted octanol–water partition coefficient (Wildman–Crippen LogP) is 6.33. The molecule has 5 rings (SSSR count). The standard InChI is InChI=1S/C27H27ClN4O3/c1-26(2,3)35-25(34)30-27(14-7-15-27)19-12-10-17(11-13-19)22-23(18-8-5-4-6-9-18)32-24(29-22)20(33)16-21(28)31-32/h4-6,8-13,16,33H,7,14-15H2,1-3H3,(H,30,34). The Morgan fingerprint density at radius 3 is 2.37 bits per heavy atom. The van der Waals surface area contributed by atoms with Gasteiger partial charge in [0.25, 0.3) is 0 Å². The number of nitrogens with one attached hydrogen (secondary N) is 1.